The summed E-state index contributed by atoms with van der Waals surface area (Å²) in [7, 11) is -3.88. The molecule has 2 aromatic heterocycles. The molecule has 1 aromatic carbocycles. The molecule has 0 bridgehead atoms. The molecule has 0 unspecified atom stereocenters. The first-order valence-electron chi connectivity index (χ1n) is 10.6. The van der Waals surface area contributed by atoms with Crippen molar-refractivity contribution in [2.24, 2.45) is 0 Å². The van der Waals surface area contributed by atoms with Crippen LogP contribution in [-0.2, 0) is 26.9 Å². The number of benzene rings is 1. The van der Waals surface area contributed by atoms with Crippen LogP contribution in [0.5, 0.6) is 0 Å². The van der Waals surface area contributed by atoms with Crippen molar-refractivity contribution < 1.29 is 35.9 Å². The Hall–Kier alpha value is -2.81. The van der Waals surface area contributed by atoms with Crippen molar-refractivity contribution in [1.29, 1.82) is 0 Å². The molecule has 15 heteroatoms. The van der Waals surface area contributed by atoms with Crippen molar-refractivity contribution in [2.45, 2.75) is 35.8 Å². The van der Waals surface area contributed by atoms with Crippen molar-refractivity contribution in [3.05, 3.63) is 69.6 Å². The van der Waals surface area contributed by atoms with Crippen molar-refractivity contribution in [1.82, 2.24) is 14.9 Å². The van der Waals surface area contributed by atoms with Crippen LogP contribution in [0.25, 0.3) is 0 Å². The van der Waals surface area contributed by atoms with E-state index < -0.39 is 32.7 Å². The number of carbonyl (C=O) groups is 1. The third kappa shape index (κ3) is 8.35. The van der Waals surface area contributed by atoms with E-state index in [0.29, 0.717) is 11.4 Å². The normalized spacial score (nSPS) is 16.2. The van der Waals surface area contributed by atoms with Gasteiger partial charge >= 0.3 is 12.1 Å². The highest BCUT2D eigenvalue weighted by atomic mass is 35.5. The minimum absolute atomic E-state index is 0.0862. The van der Waals surface area contributed by atoms with Crippen molar-refractivity contribution in [2.75, 3.05) is 18.4 Å². The van der Waals surface area contributed by atoms with Crippen molar-refractivity contribution >= 4 is 44.4 Å². The molecule has 3 aromatic rings. The van der Waals surface area contributed by atoms with Gasteiger partial charge in [-0.2, -0.15) is 13.2 Å². The number of hydrogen-bond acceptors (Lipinski definition) is 8. The van der Waals surface area contributed by atoms with Gasteiger partial charge < -0.3 is 10.4 Å². The zero-order chi connectivity index (χ0) is 27.2. The minimum Gasteiger partial charge on any atom is -0.475 e. The molecule has 0 radical (unpaired) electrons. The van der Waals surface area contributed by atoms with Gasteiger partial charge in [0.15, 0.2) is 9.84 Å². The number of aliphatic carboxylic acids is 1. The number of halogens is 5. The Morgan fingerprint density at radius 1 is 1.24 bits per heavy atom. The highest BCUT2D eigenvalue weighted by molar-refractivity contribution is 7.90. The highest BCUT2D eigenvalue weighted by Gasteiger charge is 2.38. The fraction of sp³-hybridized carbons (Fsp3) is 0.318. The predicted octanol–water partition coefficient (Wildman–Crippen LogP) is 4.62. The van der Waals surface area contributed by atoms with E-state index in [0.717, 1.165) is 37.8 Å². The zero-order valence-electron chi connectivity index (χ0n) is 19.0. The van der Waals surface area contributed by atoms with Gasteiger partial charge in [0, 0.05) is 37.3 Å². The first kappa shape index (κ1) is 28.8. The number of carboxylic acid groups (broad SMARTS) is 1. The second kappa shape index (κ2) is 12.2. The molecular formula is C22H21ClF4N4O4S2. The largest absolute Gasteiger partial charge is 0.490 e. The second-order valence-electron chi connectivity index (χ2n) is 7.99. The number of hydrogen-bond donors (Lipinski definition) is 2. The summed E-state index contributed by atoms with van der Waals surface area (Å²) >= 11 is 7.59. The molecule has 2 N–H and O–H groups in total. The van der Waals surface area contributed by atoms with Crippen molar-refractivity contribution in [3.63, 3.8) is 0 Å². The summed E-state index contributed by atoms with van der Waals surface area (Å²) in [6, 6.07) is 8.26. The summed E-state index contributed by atoms with van der Waals surface area (Å²) in [5, 5.41) is 12.2. The van der Waals surface area contributed by atoms with Crippen LogP contribution in [0.4, 0.5) is 23.2 Å². The molecule has 1 aliphatic rings. The van der Waals surface area contributed by atoms with E-state index in [1.807, 2.05) is 18.2 Å². The van der Waals surface area contributed by atoms with Crippen LogP contribution >= 0.6 is 22.9 Å². The average Bonchev–Trinajstić information content (AvgIpc) is 3.48. The van der Waals surface area contributed by atoms with Gasteiger partial charge in [0.25, 0.3) is 0 Å². The topological polar surface area (TPSA) is 112 Å². The predicted molar refractivity (Wildman–Crippen MR) is 130 cm³/mol. The third-order valence-corrected chi connectivity index (χ3v) is 7.77. The van der Waals surface area contributed by atoms with Crippen LogP contribution in [0.15, 0.2) is 52.3 Å². The van der Waals surface area contributed by atoms with Gasteiger partial charge in [0.05, 0.1) is 33.4 Å². The Bertz CT molecular complexity index is 1310. The number of aromatic nitrogens is 2. The van der Waals surface area contributed by atoms with Gasteiger partial charge in [-0.1, -0.05) is 17.7 Å². The Labute approximate surface area is 218 Å². The number of thiazole rings is 1. The second-order valence-corrected chi connectivity index (χ2v) is 11.1. The number of sulfone groups is 1. The SMILES string of the molecule is O=C(O)C(F)(F)F.O=S(=O)(Cc1cscn1)c1cc(Cl)c(N[C@H]2CCN(Cc3ccccn3)C2)cc1F. The molecule has 0 amide bonds. The molecule has 8 nitrogen and oxygen atoms in total. The summed E-state index contributed by atoms with van der Waals surface area (Å²) in [5.74, 6) is -3.94. The lowest BCUT2D eigenvalue weighted by Crippen LogP contribution is -2.26. The lowest BCUT2D eigenvalue weighted by atomic mass is 10.2. The molecule has 1 fully saturated rings. The van der Waals surface area contributed by atoms with Gasteiger partial charge in [-0.05, 0) is 30.7 Å². The molecule has 37 heavy (non-hydrogen) atoms. The number of nitrogens with zero attached hydrogens (tertiary/aromatic N) is 3. The summed E-state index contributed by atoms with van der Waals surface area (Å²) in [4.78, 5) is 19.1. The Balaban J connectivity index is 0.000000479. The average molecular weight is 581 g/mol. The monoisotopic (exact) mass is 580 g/mol. The lowest BCUT2D eigenvalue weighted by Gasteiger charge is -2.18. The first-order valence-corrected chi connectivity index (χ1v) is 13.6. The smallest absolute Gasteiger partial charge is 0.475 e. The summed E-state index contributed by atoms with van der Waals surface area (Å²) in [6.07, 6.45) is -2.44. The van der Waals surface area contributed by atoms with E-state index in [-0.39, 0.29) is 16.8 Å². The first-order chi connectivity index (χ1) is 17.3. The van der Waals surface area contributed by atoms with Crippen LogP contribution in [0, 0.1) is 5.82 Å². The maximum absolute atomic E-state index is 14.7. The molecule has 200 valence electrons. The Morgan fingerprint density at radius 2 is 1.97 bits per heavy atom. The Kier molecular flexibility index (Phi) is 9.45. The van der Waals surface area contributed by atoms with Crippen LogP contribution in [0.3, 0.4) is 0 Å². The summed E-state index contributed by atoms with van der Waals surface area (Å²) in [6.45, 7) is 2.39. The lowest BCUT2D eigenvalue weighted by molar-refractivity contribution is -0.192. The fourth-order valence-corrected chi connectivity index (χ4v) is 5.80. The van der Waals surface area contributed by atoms with Gasteiger partial charge in [-0.25, -0.2) is 22.6 Å². The van der Waals surface area contributed by atoms with E-state index in [2.05, 4.69) is 20.2 Å². The minimum atomic E-state index is -5.08. The molecule has 3 heterocycles. The number of anilines is 1. The number of nitrogens with one attached hydrogen (secondary N) is 1. The summed E-state index contributed by atoms with van der Waals surface area (Å²) in [5.41, 5.74) is 3.32. The van der Waals surface area contributed by atoms with Crippen LogP contribution in [0.1, 0.15) is 17.8 Å². The van der Waals surface area contributed by atoms with Gasteiger partial charge in [0.2, 0.25) is 0 Å². The van der Waals surface area contributed by atoms with E-state index in [4.69, 9.17) is 21.5 Å². The summed E-state index contributed by atoms with van der Waals surface area (Å²) < 4.78 is 71.6. The third-order valence-electron chi connectivity index (χ3n) is 5.16. The van der Waals surface area contributed by atoms with E-state index in [1.165, 1.54) is 17.4 Å². The maximum Gasteiger partial charge on any atom is 0.490 e. The molecule has 1 saturated heterocycles. The Morgan fingerprint density at radius 3 is 2.57 bits per heavy atom. The number of alkyl halides is 3. The molecular weight excluding hydrogens is 560 g/mol. The molecule has 1 aliphatic heterocycles. The molecule has 1 atom stereocenters. The van der Waals surface area contributed by atoms with E-state index in [9.17, 15) is 26.0 Å². The van der Waals surface area contributed by atoms with Crippen LogP contribution in [-0.4, -0.2) is 59.7 Å². The van der Waals surface area contributed by atoms with Gasteiger partial charge in [0.1, 0.15) is 10.7 Å². The van der Waals surface area contributed by atoms with Gasteiger partial charge in [-0.15, -0.1) is 11.3 Å². The molecule has 0 saturated carbocycles. The number of likely N-dealkylation sites (tertiary alicyclic amines) is 1. The molecule has 0 spiro atoms. The number of pyridine rings is 1. The fourth-order valence-electron chi connectivity index (χ4n) is 3.49. The molecule has 4 rings (SSSR count). The molecule has 0 aliphatic carbocycles. The van der Waals surface area contributed by atoms with E-state index >= 15 is 0 Å². The van der Waals surface area contributed by atoms with Crippen LogP contribution < -0.4 is 5.32 Å². The van der Waals surface area contributed by atoms with Gasteiger partial charge in [-0.3, -0.25) is 9.88 Å². The maximum atomic E-state index is 14.7. The highest BCUT2D eigenvalue weighted by Crippen LogP contribution is 2.31. The van der Waals surface area contributed by atoms with E-state index in [1.54, 1.807) is 17.1 Å². The van der Waals surface area contributed by atoms with Crippen LogP contribution in [0.2, 0.25) is 5.02 Å². The quantitative estimate of drug-likeness (QED) is 0.389. The van der Waals surface area contributed by atoms with Crippen molar-refractivity contribution in [3.8, 4) is 0 Å². The number of carboxylic acids is 1. The number of rotatable bonds is 7. The zero-order valence-corrected chi connectivity index (χ0v) is 21.3. The standard InChI is InChI=1S/C20H20ClFN4O2S2.C2HF3O2/c21-17-7-20(30(27,28)12-16-11-29-13-24-16)18(22)8-19(17)25-15-4-6-26(10-15)9-14-3-1-2-5-23-14;3-2(4,5)1(6)7/h1-3,5,7-8,11,13,15,25H,4,6,9-10,12H2;(H,6,7)/t15-;/m0./s1.